The minimum atomic E-state index is 1.16. The van der Waals surface area contributed by atoms with Crippen molar-refractivity contribution in [3.05, 3.63) is 182 Å². The summed E-state index contributed by atoms with van der Waals surface area (Å²) < 4.78 is 4.85. The van der Waals surface area contributed by atoms with Gasteiger partial charge in [0, 0.05) is 32.9 Å². The predicted molar refractivity (Wildman–Crippen MR) is 228 cm³/mol. The summed E-state index contributed by atoms with van der Waals surface area (Å²) in [6.07, 6.45) is 0. The van der Waals surface area contributed by atoms with Crippen LogP contribution in [-0.4, -0.2) is 24.8 Å². The fraction of sp³-hybridized carbons (Fsp3) is 0. The van der Waals surface area contributed by atoms with Crippen LogP contribution in [0, 0.1) is 0 Å². The summed E-state index contributed by atoms with van der Waals surface area (Å²) in [5.41, 5.74) is 17.0. The van der Waals surface area contributed by atoms with E-state index in [-0.39, 0.29) is 0 Å². The maximum atomic E-state index is 2.44. The summed E-state index contributed by atoms with van der Waals surface area (Å²) in [6.45, 7) is 0. The average Bonchev–Trinajstić information content (AvgIpc) is 3.69. The van der Waals surface area contributed by atoms with E-state index in [2.05, 4.69) is 207 Å². The summed E-state index contributed by atoms with van der Waals surface area (Å²) in [4.78, 5) is 0. The topological polar surface area (TPSA) is 9.86 Å². The lowest BCUT2D eigenvalue weighted by atomic mass is 9.93. The Morgan fingerprint density at radius 3 is 1.40 bits per heavy atom. The highest BCUT2D eigenvalue weighted by molar-refractivity contribution is 6.34. The van der Waals surface area contributed by atoms with E-state index in [0.717, 1.165) is 11.4 Å². The molecule has 8 aromatic carbocycles. The molecule has 242 valence electrons. The van der Waals surface area contributed by atoms with Crippen molar-refractivity contribution >= 4 is 70.2 Å². The van der Waals surface area contributed by atoms with E-state index in [9.17, 15) is 0 Å². The second-order valence-electron chi connectivity index (χ2n) is 14.0. The Hall–Kier alpha value is -6.51. The third kappa shape index (κ3) is 4.99. The first-order valence-corrected chi connectivity index (χ1v) is 18.0. The monoisotopic (exact) mass is 660 g/mol. The molecular formula is C48H34B2N2. The van der Waals surface area contributed by atoms with Crippen molar-refractivity contribution in [2.75, 3.05) is 0 Å². The summed E-state index contributed by atoms with van der Waals surface area (Å²) in [5, 5.41) is 5.07. The largest absolute Gasteiger partial charge is 0.309 e. The van der Waals surface area contributed by atoms with Gasteiger partial charge >= 0.3 is 0 Å². The second-order valence-corrected chi connectivity index (χ2v) is 14.0. The number of benzene rings is 8. The van der Waals surface area contributed by atoms with Crippen LogP contribution in [-0.2, 0) is 0 Å². The van der Waals surface area contributed by atoms with Crippen molar-refractivity contribution in [1.29, 1.82) is 0 Å². The zero-order valence-corrected chi connectivity index (χ0v) is 29.2. The number of aromatic nitrogens is 2. The molecule has 10 rings (SSSR count). The van der Waals surface area contributed by atoms with Crippen LogP contribution in [0.15, 0.2) is 182 Å². The molecule has 0 fully saturated rings. The zero-order chi connectivity index (χ0) is 34.8. The molecule has 52 heavy (non-hydrogen) atoms. The molecule has 2 aromatic heterocycles. The van der Waals surface area contributed by atoms with Crippen LogP contribution in [0.2, 0.25) is 0 Å². The van der Waals surface area contributed by atoms with Crippen LogP contribution in [0.25, 0.3) is 88.4 Å². The first kappa shape index (κ1) is 30.3. The van der Waals surface area contributed by atoms with E-state index in [4.69, 9.17) is 0 Å². The van der Waals surface area contributed by atoms with E-state index in [0.29, 0.717) is 0 Å². The van der Waals surface area contributed by atoms with Crippen LogP contribution >= 0.6 is 0 Å². The minimum Gasteiger partial charge on any atom is -0.309 e. The Morgan fingerprint density at radius 1 is 0.269 bits per heavy atom. The van der Waals surface area contributed by atoms with Gasteiger partial charge in [-0.1, -0.05) is 138 Å². The molecule has 0 radical (unpaired) electrons. The normalized spacial score (nSPS) is 11.6. The summed E-state index contributed by atoms with van der Waals surface area (Å²) in [7, 11) is 4.36. The summed E-state index contributed by atoms with van der Waals surface area (Å²) in [6, 6.07) is 66.7. The van der Waals surface area contributed by atoms with E-state index < -0.39 is 0 Å². The molecule has 0 spiro atoms. The van der Waals surface area contributed by atoms with Crippen molar-refractivity contribution in [1.82, 2.24) is 9.13 Å². The number of hydrogen-bond acceptors (Lipinski definition) is 0. The van der Waals surface area contributed by atoms with Gasteiger partial charge in [0.05, 0.1) is 22.1 Å². The van der Waals surface area contributed by atoms with Gasteiger partial charge in [-0.05, 0) is 88.0 Å². The number of fused-ring (bicyclic) bond motifs is 6. The molecule has 0 saturated carbocycles. The molecule has 4 heteroatoms. The second kappa shape index (κ2) is 12.1. The first-order valence-electron chi connectivity index (χ1n) is 18.0. The van der Waals surface area contributed by atoms with Gasteiger partial charge in [0.1, 0.15) is 15.7 Å². The highest BCUT2D eigenvalue weighted by Gasteiger charge is 2.17. The lowest BCUT2D eigenvalue weighted by molar-refractivity contribution is 1.18. The number of nitrogens with zero attached hydrogens (tertiary/aromatic N) is 2. The van der Waals surface area contributed by atoms with E-state index in [1.54, 1.807) is 0 Å². The molecule has 0 bridgehead atoms. The van der Waals surface area contributed by atoms with Crippen molar-refractivity contribution in [3.63, 3.8) is 0 Å². The van der Waals surface area contributed by atoms with E-state index in [1.165, 1.54) is 87.9 Å². The van der Waals surface area contributed by atoms with E-state index >= 15 is 0 Å². The maximum absolute atomic E-state index is 2.44. The van der Waals surface area contributed by atoms with Crippen molar-refractivity contribution in [2.24, 2.45) is 0 Å². The quantitative estimate of drug-likeness (QED) is 0.163. The lowest BCUT2D eigenvalue weighted by Crippen LogP contribution is -2.00. The third-order valence-corrected chi connectivity index (χ3v) is 10.6. The van der Waals surface area contributed by atoms with Crippen LogP contribution < -0.4 is 10.9 Å². The molecule has 2 heterocycles. The Labute approximate surface area is 305 Å². The van der Waals surface area contributed by atoms with Crippen molar-refractivity contribution < 1.29 is 0 Å². The molecule has 0 aliphatic rings. The molecule has 0 atom stereocenters. The van der Waals surface area contributed by atoms with Crippen LogP contribution in [0.1, 0.15) is 0 Å². The van der Waals surface area contributed by atoms with Crippen molar-refractivity contribution in [2.45, 2.75) is 0 Å². The number of hydrogen-bond donors (Lipinski definition) is 0. The van der Waals surface area contributed by atoms with Gasteiger partial charge in [-0.2, -0.15) is 0 Å². The molecule has 0 aliphatic carbocycles. The Kier molecular flexibility index (Phi) is 7.04. The van der Waals surface area contributed by atoms with Crippen LogP contribution in [0.5, 0.6) is 0 Å². The lowest BCUT2D eigenvalue weighted by Gasteiger charge is -2.12. The minimum absolute atomic E-state index is 1.16. The fourth-order valence-corrected chi connectivity index (χ4v) is 8.08. The Bertz CT molecular complexity index is 2960. The summed E-state index contributed by atoms with van der Waals surface area (Å²) in [5.74, 6) is 0. The SMILES string of the molecule is Bc1ccc2c(c1)c1cc(-c3ccc4c5cc(B)ccc5n(-c5cccc(-c6ccccc6)c5)c4c3)ccc1n2-c1ccc(-c2ccccc2)cc1. The molecule has 0 saturated heterocycles. The van der Waals surface area contributed by atoms with Crippen molar-refractivity contribution in [3.8, 4) is 44.8 Å². The van der Waals surface area contributed by atoms with Gasteiger partial charge in [-0.3, -0.25) is 0 Å². The molecule has 0 aliphatic heterocycles. The zero-order valence-electron chi connectivity index (χ0n) is 29.2. The smallest absolute Gasteiger partial charge is 0.139 e. The average molecular weight is 660 g/mol. The molecule has 0 N–H and O–H groups in total. The highest BCUT2D eigenvalue weighted by atomic mass is 15.0. The van der Waals surface area contributed by atoms with Crippen LogP contribution in [0.3, 0.4) is 0 Å². The predicted octanol–water partition coefficient (Wildman–Crippen LogP) is 9.40. The van der Waals surface area contributed by atoms with Gasteiger partial charge in [0.2, 0.25) is 0 Å². The molecule has 10 aromatic rings. The first-order chi connectivity index (χ1) is 25.6. The molecule has 0 unspecified atom stereocenters. The van der Waals surface area contributed by atoms with Gasteiger partial charge in [-0.25, -0.2) is 0 Å². The van der Waals surface area contributed by atoms with Gasteiger partial charge < -0.3 is 9.13 Å². The van der Waals surface area contributed by atoms with E-state index in [1.807, 2.05) is 0 Å². The molecular weight excluding hydrogens is 626 g/mol. The highest BCUT2D eigenvalue weighted by Crippen LogP contribution is 2.38. The third-order valence-electron chi connectivity index (χ3n) is 10.6. The Morgan fingerprint density at radius 2 is 0.731 bits per heavy atom. The molecule has 2 nitrogen and oxygen atoms in total. The van der Waals surface area contributed by atoms with Gasteiger partial charge in [0.25, 0.3) is 0 Å². The number of rotatable bonds is 5. The standard InChI is InChI=1S/C48H34B2N2/c49-37-18-24-46-43(29-37)41-22-16-36(28-48(41)52(46)40-13-7-12-34(26-40)32-10-5-2-6-11-32)35-17-23-45-42(27-35)44-30-38(50)19-25-47(44)51(45)39-20-14-33(15-21-39)31-8-3-1-4-9-31/h1-30H,49-50H2. The summed E-state index contributed by atoms with van der Waals surface area (Å²) >= 11 is 0. The maximum Gasteiger partial charge on any atom is 0.139 e. The van der Waals surface area contributed by atoms with Crippen LogP contribution in [0.4, 0.5) is 0 Å². The Balaban J connectivity index is 1.14. The molecule has 0 amide bonds. The van der Waals surface area contributed by atoms with Gasteiger partial charge in [0.15, 0.2) is 0 Å². The fourth-order valence-electron chi connectivity index (χ4n) is 8.08. The van der Waals surface area contributed by atoms with Gasteiger partial charge in [-0.15, -0.1) is 0 Å².